The Balaban J connectivity index is 1.27. The highest BCUT2D eigenvalue weighted by Gasteiger charge is 2.37. The highest BCUT2D eigenvalue weighted by atomic mass is 32.1. The molecular formula is C43H29NS2. The van der Waals surface area contributed by atoms with Crippen molar-refractivity contribution in [2.75, 3.05) is 4.90 Å². The molecule has 0 saturated carbocycles. The van der Waals surface area contributed by atoms with Crippen LogP contribution in [0.1, 0.15) is 25.0 Å². The van der Waals surface area contributed by atoms with Crippen LogP contribution in [0.5, 0.6) is 0 Å². The summed E-state index contributed by atoms with van der Waals surface area (Å²) >= 11 is 3.77. The van der Waals surface area contributed by atoms with Crippen LogP contribution < -0.4 is 4.90 Å². The van der Waals surface area contributed by atoms with Gasteiger partial charge in [0, 0.05) is 62.7 Å². The van der Waals surface area contributed by atoms with Crippen molar-refractivity contribution in [1.29, 1.82) is 0 Å². The number of thiophene rings is 2. The molecule has 46 heavy (non-hydrogen) atoms. The lowest BCUT2D eigenvalue weighted by Crippen LogP contribution is -2.16. The molecule has 3 heteroatoms. The predicted molar refractivity (Wildman–Crippen MR) is 202 cm³/mol. The van der Waals surface area contributed by atoms with Gasteiger partial charge in [-0.15, -0.1) is 22.7 Å². The first kappa shape index (κ1) is 26.3. The molecule has 0 amide bonds. The Bertz CT molecular complexity index is 2690. The van der Waals surface area contributed by atoms with Crippen LogP contribution >= 0.6 is 22.7 Å². The second-order valence-electron chi connectivity index (χ2n) is 12.9. The molecule has 0 spiro atoms. The van der Waals surface area contributed by atoms with Crippen molar-refractivity contribution in [2.45, 2.75) is 19.3 Å². The smallest absolute Gasteiger partial charge is 0.0543 e. The van der Waals surface area contributed by atoms with Gasteiger partial charge in [-0.05, 0) is 76.0 Å². The minimum atomic E-state index is -0.0737. The van der Waals surface area contributed by atoms with Crippen LogP contribution in [-0.4, -0.2) is 0 Å². The third kappa shape index (κ3) is 3.61. The van der Waals surface area contributed by atoms with Gasteiger partial charge >= 0.3 is 0 Å². The number of rotatable bonds is 3. The lowest BCUT2D eigenvalue weighted by atomic mass is 9.82. The number of hydrogen-bond donors (Lipinski definition) is 0. The maximum Gasteiger partial charge on any atom is 0.0543 e. The molecule has 0 bridgehead atoms. The molecule has 0 aliphatic heterocycles. The van der Waals surface area contributed by atoms with Gasteiger partial charge < -0.3 is 4.90 Å². The molecule has 0 saturated heterocycles. The van der Waals surface area contributed by atoms with Crippen LogP contribution in [0, 0.1) is 0 Å². The molecule has 218 valence electrons. The second kappa shape index (κ2) is 9.53. The third-order valence-electron chi connectivity index (χ3n) is 10.0. The molecular weight excluding hydrogens is 595 g/mol. The normalized spacial score (nSPS) is 13.6. The second-order valence-corrected chi connectivity index (χ2v) is 15.1. The number of anilines is 3. The molecule has 1 aliphatic rings. The fourth-order valence-electron chi connectivity index (χ4n) is 7.83. The summed E-state index contributed by atoms with van der Waals surface area (Å²) in [5.74, 6) is 0. The van der Waals surface area contributed by atoms with E-state index >= 15 is 0 Å². The standard InChI is InChI=1S/C43H29NS2/c1-43(2)35-14-7-5-13-32(35)41-36(43)15-9-16-37(41)44(27-19-22-39-33(24-27)30-12-6-8-17-38(30)45-39)28-20-23-40-34(25-28)31-21-18-26-10-3-4-11-29(26)42(31)46-40/h3-25H,1-2H3. The Morgan fingerprint density at radius 3 is 1.98 bits per heavy atom. The zero-order chi connectivity index (χ0) is 30.6. The van der Waals surface area contributed by atoms with Crippen LogP contribution in [0.2, 0.25) is 0 Å². The zero-order valence-corrected chi connectivity index (χ0v) is 27.2. The average Bonchev–Trinajstić information content (AvgIpc) is 3.73. The minimum Gasteiger partial charge on any atom is -0.310 e. The molecule has 1 nitrogen and oxygen atoms in total. The molecule has 10 rings (SSSR count). The topological polar surface area (TPSA) is 3.24 Å². The van der Waals surface area contributed by atoms with Gasteiger partial charge in [0.1, 0.15) is 0 Å². The van der Waals surface area contributed by atoms with Crippen molar-refractivity contribution in [1.82, 2.24) is 0 Å². The SMILES string of the molecule is CC1(C)c2ccccc2-c2c(N(c3ccc4sc5ccccc5c4c3)c3ccc4sc5c6ccccc6ccc5c4c3)cccc21. The molecule has 1 aliphatic carbocycles. The van der Waals surface area contributed by atoms with Crippen molar-refractivity contribution >= 4 is 90.9 Å². The highest BCUT2D eigenvalue weighted by Crippen LogP contribution is 2.55. The van der Waals surface area contributed by atoms with Crippen molar-refractivity contribution in [2.24, 2.45) is 0 Å². The molecule has 2 heterocycles. The van der Waals surface area contributed by atoms with Crippen molar-refractivity contribution in [3.63, 3.8) is 0 Å². The van der Waals surface area contributed by atoms with Crippen LogP contribution in [-0.2, 0) is 5.41 Å². The summed E-state index contributed by atoms with van der Waals surface area (Å²) in [6.45, 7) is 4.73. The number of hydrogen-bond acceptors (Lipinski definition) is 3. The Morgan fingerprint density at radius 1 is 0.478 bits per heavy atom. The van der Waals surface area contributed by atoms with Crippen LogP contribution in [0.4, 0.5) is 17.1 Å². The van der Waals surface area contributed by atoms with Gasteiger partial charge in [0.25, 0.3) is 0 Å². The Labute approximate surface area is 275 Å². The van der Waals surface area contributed by atoms with E-state index in [1.54, 1.807) is 0 Å². The largest absolute Gasteiger partial charge is 0.310 e. The maximum atomic E-state index is 2.51. The average molecular weight is 624 g/mol. The Hall–Kier alpha value is -4.96. The van der Waals surface area contributed by atoms with E-state index in [1.807, 2.05) is 22.7 Å². The van der Waals surface area contributed by atoms with Gasteiger partial charge in [-0.1, -0.05) is 105 Å². The minimum absolute atomic E-state index is 0.0737. The summed E-state index contributed by atoms with van der Waals surface area (Å²) in [5.41, 5.74) is 8.94. The van der Waals surface area contributed by atoms with E-state index in [0.717, 1.165) is 0 Å². The summed E-state index contributed by atoms with van der Waals surface area (Å²) in [6.07, 6.45) is 0. The van der Waals surface area contributed by atoms with Crippen molar-refractivity contribution in [3.8, 4) is 11.1 Å². The molecule has 7 aromatic carbocycles. The fourth-order valence-corrected chi connectivity index (χ4v) is 10.1. The summed E-state index contributed by atoms with van der Waals surface area (Å²) in [4.78, 5) is 2.51. The van der Waals surface area contributed by atoms with E-state index in [9.17, 15) is 0 Å². The first-order chi connectivity index (χ1) is 22.6. The molecule has 2 aromatic heterocycles. The van der Waals surface area contributed by atoms with E-state index in [-0.39, 0.29) is 5.41 Å². The quantitative estimate of drug-likeness (QED) is 0.189. The van der Waals surface area contributed by atoms with Gasteiger partial charge in [-0.2, -0.15) is 0 Å². The van der Waals surface area contributed by atoms with E-state index in [1.165, 1.54) is 90.4 Å². The van der Waals surface area contributed by atoms with Gasteiger partial charge in [-0.3, -0.25) is 0 Å². The van der Waals surface area contributed by atoms with E-state index in [2.05, 4.69) is 158 Å². The highest BCUT2D eigenvalue weighted by molar-refractivity contribution is 7.26. The lowest BCUT2D eigenvalue weighted by molar-refractivity contribution is 0.660. The van der Waals surface area contributed by atoms with Crippen LogP contribution in [0.25, 0.3) is 62.2 Å². The van der Waals surface area contributed by atoms with Gasteiger partial charge in [0.05, 0.1) is 5.69 Å². The van der Waals surface area contributed by atoms with E-state index in [0.29, 0.717) is 0 Å². The number of fused-ring (bicyclic) bond motifs is 11. The van der Waals surface area contributed by atoms with E-state index in [4.69, 9.17) is 0 Å². The van der Waals surface area contributed by atoms with Crippen molar-refractivity contribution < 1.29 is 0 Å². The Morgan fingerprint density at radius 2 is 1.13 bits per heavy atom. The molecule has 9 aromatic rings. The molecule has 0 radical (unpaired) electrons. The zero-order valence-electron chi connectivity index (χ0n) is 25.5. The first-order valence-electron chi connectivity index (χ1n) is 15.9. The fraction of sp³-hybridized carbons (Fsp3) is 0.0698. The summed E-state index contributed by atoms with van der Waals surface area (Å²) in [7, 11) is 0. The molecule has 0 fully saturated rings. The summed E-state index contributed by atoms with van der Waals surface area (Å²) < 4.78 is 5.33. The molecule has 0 atom stereocenters. The Kier molecular flexibility index (Phi) is 5.44. The predicted octanol–water partition coefficient (Wildman–Crippen LogP) is 13.4. The lowest BCUT2D eigenvalue weighted by Gasteiger charge is -2.29. The van der Waals surface area contributed by atoms with Crippen LogP contribution in [0.15, 0.2) is 140 Å². The molecule has 0 N–H and O–H groups in total. The summed E-state index contributed by atoms with van der Waals surface area (Å²) in [6, 6.07) is 52.1. The van der Waals surface area contributed by atoms with E-state index < -0.39 is 0 Å². The van der Waals surface area contributed by atoms with Gasteiger partial charge in [-0.25, -0.2) is 0 Å². The summed E-state index contributed by atoms with van der Waals surface area (Å²) in [5, 5.41) is 7.88. The number of nitrogens with zero attached hydrogens (tertiary/aromatic N) is 1. The maximum absolute atomic E-state index is 2.51. The van der Waals surface area contributed by atoms with Gasteiger partial charge in [0.15, 0.2) is 0 Å². The third-order valence-corrected chi connectivity index (χ3v) is 12.4. The first-order valence-corrected chi connectivity index (χ1v) is 17.5. The number of benzene rings is 7. The monoisotopic (exact) mass is 623 g/mol. The van der Waals surface area contributed by atoms with Crippen LogP contribution in [0.3, 0.4) is 0 Å². The molecule has 0 unspecified atom stereocenters. The van der Waals surface area contributed by atoms with Crippen molar-refractivity contribution in [3.05, 3.63) is 151 Å². The van der Waals surface area contributed by atoms with Gasteiger partial charge in [0.2, 0.25) is 0 Å².